The van der Waals surface area contributed by atoms with Crippen molar-refractivity contribution in [1.82, 2.24) is 4.90 Å². The van der Waals surface area contributed by atoms with Crippen molar-refractivity contribution >= 4 is 17.5 Å². The summed E-state index contributed by atoms with van der Waals surface area (Å²) in [4.78, 5) is 13.9. The van der Waals surface area contributed by atoms with E-state index in [1.54, 1.807) is 0 Å². The third-order valence-corrected chi connectivity index (χ3v) is 3.43. The van der Waals surface area contributed by atoms with Gasteiger partial charge in [-0.25, -0.2) is 0 Å². The number of rotatable bonds is 6. The Bertz CT molecular complexity index is 202. The van der Waals surface area contributed by atoms with Gasteiger partial charge < -0.3 is 4.90 Å². The summed E-state index contributed by atoms with van der Waals surface area (Å²) in [6.07, 6.45) is 5.44. The minimum atomic E-state index is 0.306. The van der Waals surface area contributed by atoms with Crippen LogP contribution in [-0.4, -0.2) is 29.3 Å². The van der Waals surface area contributed by atoms with Crippen LogP contribution < -0.4 is 0 Å². The van der Waals surface area contributed by atoms with Gasteiger partial charge in [0.2, 0.25) is 5.91 Å². The third-order valence-electron chi connectivity index (χ3n) is 3.16. The lowest BCUT2D eigenvalue weighted by Gasteiger charge is -2.31. The summed E-state index contributed by atoms with van der Waals surface area (Å²) in [7, 11) is 0. The Morgan fingerprint density at radius 1 is 1.47 bits per heavy atom. The fourth-order valence-corrected chi connectivity index (χ4v) is 2.08. The van der Waals surface area contributed by atoms with Crippen LogP contribution in [-0.2, 0) is 4.79 Å². The lowest BCUT2D eigenvalue weighted by Crippen LogP contribution is -2.39. The van der Waals surface area contributed by atoms with Crippen molar-refractivity contribution in [2.24, 2.45) is 5.92 Å². The van der Waals surface area contributed by atoms with E-state index in [-0.39, 0.29) is 0 Å². The maximum absolute atomic E-state index is 12.0. The molecule has 2 nitrogen and oxygen atoms in total. The zero-order chi connectivity index (χ0) is 11.3. The summed E-state index contributed by atoms with van der Waals surface area (Å²) in [6, 6.07) is 0.306. The average Bonchev–Trinajstić information content (AvgIpc) is 2.11. The molecule has 1 saturated carbocycles. The van der Waals surface area contributed by atoms with Crippen LogP contribution in [0.1, 0.15) is 46.0 Å². The van der Waals surface area contributed by atoms with Crippen molar-refractivity contribution in [2.75, 3.05) is 12.4 Å². The molecule has 1 amide bonds. The van der Waals surface area contributed by atoms with Gasteiger partial charge in [0.15, 0.2) is 0 Å². The Hall–Kier alpha value is -0.240. The highest BCUT2D eigenvalue weighted by Crippen LogP contribution is 2.30. The van der Waals surface area contributed by atoms with Crippen LogP contribution in [0.5, 0.6) is 0 Å². The van der Waals surface area contributed by atoms with Crippen LogP contribution >= 0.6 is 11.6 Å². The van der Waals surface area contributed by atoms with E-state index < -0.39 is 0 Å². The van der Waals surface area contributed by atoms with Gasteiger partial charge in [-0.1, -0.05) is 6.42 Å². The third kappa shape index (κ3) is 4.02. The van der Waals surface area contributed by atoms with Crippen LogP contribution in [0.4, 0.5) is 0 Å². The lowest BCUT2D eigenvalue weighted by molar-refractivity contribution is -0.134. The maximum atomic E-state index is 12.0. The van der Waals surface area contributed by atoms with E-state index >= 15 is 0 Å². The number of hydrogen-bond acceptors (Lipinski definition) is 1. The molecule has 0 radical (unpaired) electrons. The second-order valence-electron chi connectivity index (χ2n) is 4.72. The molecule has 0 spiro atoms. The predicted octanol–water partition coefficient (Wildman–Crippen LogP) is 3.04. The van der Waals surface area contributed by atoms with Gasteiger partial charge in [0.05, 0.1) is 0 Å². The van der Waals surface area contributed by atoms with Crippen molar-refractivity contribution in [1.29, 1.82) is 0 Å². The van der Waals surface area contributed by atoms with Gasteiger partial charge in [-0.05, 0) is 39.0 Å². The molecular weight excluding hydrogens is 210 g/mol. The van der Waals surface area contributed by atoms with Gasteiger partial charge in [-0.3, -0.25) is 4.79 Å². The summed E-state index contributed by atoms with van der Waals surface area (Å²) in [5, 5.41) is 0. The highest BCUT2D eigenvalue weighted by Gasteiger charge is 2.24. The first-order valence-electron chi connectivity index (χ1n) is 6.00. The molecule has 0 bridgehead atoms. The van der Waals surface area contributed by atoms with E-state index in [4.69, 9.17) is 11.6 Å². The van der Waals surface area contributed by atoms with Crippen LogP contribution in [0.3, 0.4) is 0 Å². The van der Waals surface area contributed by atoms with E-state index in [1.165, 1.54) is 19.3 Å². The second kappa shape index (κ2) is 6.37. The van der Waals surface area contributed by atoms with Gasteiger partial charge in [0, 0.05) is 24.9 Å². The fraction of sp³-hybridized carbons (Fsp3) is 0.917. The quantitative estimate of drug-likeness (QED) is 0.644. The number of nitrogens with zero attached hydrogens (tertiary/aromatic N) is 1. The van der Waals surface area contributed by atoms with E-state index in [0.29, 0.717) is 23.7 Å². The van der Waals surface area contributed by atoms with Crippen LogP contribution in [0.25, 0.3) is 0 Å². The molecule has 1 aliphatic carbocycles. The summed E-state index contributed by atoms with van der Waals surface area (Å²) >= 11 is 5.66. The van der Waals surface area contributed by atoms with Crippen molar-refractivity contribution in [3.05, 3.63) is 0 Å². The van der Waals surface area contributed by atoms with Crippen LogP contribution in [0.2, 0.25) is 0 Å². The smallest absolute Gasteiger partial charge is 0.223 e. The Balaban J connectivity index is 2.35. The van der Waals surface area contributed by atoms with Gasteiger partial charge in [0.25, 0.3) is 0 Å². The molecular formula is C12H22ClNO. The zero-order valence-electron chi connectivity index (χ0n) is 9.84. The molecule has 1 aliphatic rings. The number of alkyl halides is 1. The largest absolute Gasteiger partial charge is 0.340 e. The number of carbonyl (C=O) groups is 1. The molecule has 3 heteroatoms. The zero-order valence-corrected chi connectivity index (χ0v) is 10.6. The van der Waals surface area contributed by atoms with E-state index in [2.05, 4.69) is 13.8 Å². The molecule has 0 aromatic heterocycles. The highest BCUT2D eigenvalue weighted by molar-refractivity contribution is 6.17. The normalized spacial score (nSPS) is 16.5. The number of hydrogen-bond donors (Lipinski definition) is 0. The molecule has 0 heterocycles. The van der Waals surface area contributed by atoms with E-state index in [9.17, 15) is 4.79 Å². The highest BCUT2D eigenvalue weighted by atomic mass is 35.5. The topological polar surface area (TPSA) is 20.3 Å². The molecule has 1 fully saturated rings. The first kappa shape index (κ1) is 12.8. The molecule has 0 aliphatic heterocycles. The van der Waals surface area contributed by atoms with Gasteiger partial charge in [-0.2, -0.15) is 0 Å². The molecule has 0 aromatic rings. The maximum Gasteiger partial charge on any atom is 0.223 e. The Morgan fingerprint density at radius 3 is 2.53 bits per heavy atom. The van der Waals surface area contributed by atoms with E-state index in [0.717, 1.165) is 19.4 Å². The number of amides is 1. The summed E-state index contributed by atoms with van der Waals surface area (Å²) in [5.74, 6) is 1.62. The van der Waals surface area contributed by atoms with Crippen molar-refractivity contribution in [3.8, 4) is 0 Å². The molecule has 0 atom stereocenters. The molecule has 0 aromatic carbocycles. The first-order valence-corrected chi connectivity index (χ1v) is 6.54. The molecule has 0 saturated heterocycles. The number of carbonyl (C=O) groups excluding carboxylic acids is 1. The predicted molar refractivity (Wildman–Crippen MR) is 64.1 cm³/mol. The Kier molecular flexibility index (Phi) is 5.44. The van der Waals surface area contributed by atoms with E-state index in [1.807, 2.05) is 4.90 Å². The second-order valence-corrected chi connectivity index (χ2v) is 5.10. The molecule has 0 N–H and O–H groups in total. The monoisotopic (exact) mass is 231 g/mol. The average molecular weight is 232 g/mol. The standard InChI is InChI=1S/C12H22ClNO/c1-10(2)14(8-4-7-13)12(15)9-11-5-3-6-11/h10-11H,3-9H2,1-2H3. The van der Waals surface area contributed by atoms with Gasteiger partial charge >= 0.3 is 0 Å². The first-order chi connectivity index (χ1) is 7.15. The van der Waals surface area contributed by atoms with Crippen LogP contribution in [0.15, 0.2) is 0 Å². The lowest BCUT2D eigenvalue weighted by atomic mass is 9.82. The molecule has 0 unspecified atom stereocenters. The van der Waals surface area contributed by atoms with Gasteiger partial charge in [0.1, 0.15) is 0 Å². The summed E-state index contributed by atoms with van der Waals surface area (Å²) < 4.78 is 0. The van der Waals surface area contributed by atoms with Crippen molar-refractivity contribution in [3.63, 3.8) is 0 Å². The minimum Gasteiger partial charge on any atom is -0.340 e. The van der Waals surface area contributed by atoms with Crippen molar-refractivity contribution < 1.29 is 4.79 Å². The molecule has 88 valence electrons. The Morgan fingerprint density at radius 2 is 2.13 bits per heavy atom. The summed E-state index contributed by atoms with van der Waals surface area (Å²) in [5.41, 5.74) is 0. The number of halogens is 1. The summed E-state index contributed by atoms with van der Waals surface area (Å²) in [6.45, 7) is 4.96. The van der Waals surface area contributed by atoms with Crippen molar-refractivity contribution in [2.45, 2.75) is 52.0 Å². The SMILES string of the molecule is CC(C)N(CCCCl)C(=O)CC1CCC1. The minimum absolute atomic E-state index is 0.306. The molecule has 1 rings (SSSR count). The fourth-order valence-electron chi connectivity index (χ4n) is 1.96. The Labute approximate surface area is 98.0 Å². The molecule has 15 heavy (non-hydrogen) atoms. The van der Waals surface area contributed by atoms with Gasteiger partial charge in [-0.15, -0.1) is 11.6 Å². The van der Waals surface area contributed by atoms with Crippen LogP contribution in [0, 0.1) is 5.92 Å².